The number of hydrogen-bond donors (Lipinski definition) is 2. The summed E-state index contributed by atoms with van der Waals surface area (Å²) in [7, 11) is 3.00. The lowest BCUT2D eigenvalue weighted by Crippen LogP contribution is -2.39. The van der Waals surface area contributed by atoms with Gasteiger partial charge in [0.25, 0.3) is 0 Å². The molecule has 0 radical (unpaired) electrons. The van der Waals surface area contributed by atoms with Crippen LogP contribution >= 0.6 is 0 Å². The minimum absolute atomic E-state index is 0.0441. The lowest BCUT2D eigenvalue weighted by atomic mass is 9.94. The Bertz CT molecular complexity index is 914. The molecule has 1 atom stereocenters. The maximum Gasteiger partial charge on any atom is 0.214 e. The zero-order chi connectivity index (χ0) is 20.5. The van der Waals surface area contributed by atoms with E-state index in [0.29, 0.717) is 11.3 Å². The highest BCUT2D eigenvalue weighted by Gasteiger charge is 2.43. The first kappa shape index (κ1) is 19.8. The molecule has 6 heteroatoms. The molecule has 3 rings (SSSR count). The number of phenols is 1. The number of ether oxygens (including phenoxy) is 3. The number of aromatic hydroxyl groups is 1. The Hall–Kier alpha value is -2.99. The highest BCUT2D eigenvalue weighted by Crippen LogP contribution is 2.47. The molecule has 2 aromatic carbocycles. The van der Waals surface area contributed by atoms with Crippen LogP contribution in [0.5, 0.6) is 23.0 Å². The molecule has 0 aliphatic carbocycles. The van der Waals surface area contributed by atoms with Crippen LogP contribution in [0, 0.1) is 5.92 Å². The number of methoxy groups -OCH3 is 2. The van der Waals surface area contributed by atoms with Crippen LogP contribution < -0.4 is 14.2 Å². The number of allylic oxidation sites excluding steroid dienone is 1. The van der Waals surface area contributed by atoms with Crippen molar-refractivity contribution in [1.82, 2.24) is 0 Å². The van der Waals surface area contributed by atoms with E-state index < -0.39 is 11.6 Å². The SMILES string of the molecule is COc1ccc(/C=C/C(=O)c2c(OC)cc3c(c2O)CC(O)(C(C)C)O3)cc1. The van der Waals surface area contributed by atoms with Crippen LogP contribution in [0.15, 0.2) is 36.4 Å². The summed E-state index contributed by atoms with van der Waals surface area (Å²) in [4.78, 5) is 12.8. The smallest absolute Gasteiger partial charge is 0.214 e. The van der Waals surface area contributed by atoms with Gasteiger partial charge in [-0.25, -0.2) is 0 Å². The molecule has 6 nitrogen and oxygen atoms in total. The van der Waals surface area contributed by atoms with Crippen LogP contribution in [0.4, 0.5) is 0 Å². The number of fused-ring (bicyclic) bond motifs is 1. The third-order valence-electron chi connectivity index (χ3n) is 4.96. The van der Waals surface area contributed by atoms with E-state index in [1.165, 1.54) is 19.3 Å². The zero-order valence-corrected chi connectivity index (χ0v) is 16.4. The van der Waals surface area contributed by atoms with Gasteiger partial charge in [0.1, 0.15) is 28.6 Å². The first-order valence-electron chi connectivity index (χ1n) is 8.99. The molecule has 0 bridgehead atoms. The Labute approximate surface area is 164 Å². The average Bonchev–Trinajstić information content (AvgIpc) is 3.04. The number of ketones is 1. The van der Waals surface area contributed by atoms with Gasteiger partial charge in [-0.15, -0.1) is 0 Å². The molecule has 0 saturated heterocycles. The van der Waals surface area contributed by atoms with Crippen LogP contribution in [0.1, 0.15) is 35.3 Å². The number of hydrogen-bond acceptors (Lipinski definition) is 6. The minimum atomic E-state index is -1.43. The fourth-order valence-electron chi connectivity index (χ4n) is 3.10. The number of phenolic OH excluding ortho intramolecular Hbond substituents is 1. The summed E-state index contributed by atoms with van der Waals surface area (Å²) in [5.41, 5.74) is 1.26. The topological polar surface area (TPSA) is 85.2 Å². The molecule has 1 heterocycles. The number of aliphatic hydroxyl groups is 1. The Morgan fingerprint density at radius 3 is 2.46 bits per heavy atom. The second kappa shape index (κ2) is 7.56. The molecule has 2 N–H and O–H groups in total. The first-order valence-corrected chi connectivity index (χ1v) is 8.99. The predicted molar refractivity (Wildman–Crippen MR) is 105 cm³/mol. The fourth-order valence-corrected chi connectivity index (χ4v) is 3.10. The van der Waals surface area contributed by atoms with Crippen molar-refractivity contribution in [1.29, 1.82) is 0 Å². The number of carbonyl (C=O) groups excluding carboxylic acids is 1. The van der Waals surface area contributed by atoms with Crippen molar-refractivity contribution < 1.29 is 29.2 Å². The van der Waals surface area contributed by atoms with Crippen molar-refractivity contribution in [3.05, 3.63) is 53.1 Å². The molecule has 0 spiro atoms. The van der Waals surface area contributed by atoms with Gasteiger partial charge in [0.2, 0.25) is 5.79 Å². The van der Waals surface area contributed by atoms with E-state index in [1.54, 1.807) is 25.3 Å². The first-order chi connectivity index (χ1) is 13.3. The fraction of sp³-hybridized carbons (Fsp3) is 0.318. The molecule has 0 saturated carbocycles. The lowest BCUT2D eigenvalue weighted by Gasteiger charge is -2.26. The van der Waals surface area contributed by atoms with Gasteiger partial charge in [0.05, 0.1) is 14.2 Å². The van der Waals surface area contributed by atoms with E-state index in [0.717, 1.165) is 11.3 Å². The van der Waals surface area contributed by atoms with E-state index in [4.69, 9.17) is 14.2 Å². The van der Waals surface area contributed by atoms with Crippen molar-refractivity contribution in [2.24, 2.45) is 5.92 Å². The van der Waals surface area contributed by atoms with Crippen LogP contribution in [-0.4, -0.2) is 36.0 Å². The number of rotatable bonds is 6. The van der Waals surface area contributed by atoms with Gasteiger partial charge >= 0.3 is 0 Å². The molecule has 0 aromatic heterocycles. The normalized spacial score (nSPS) is 18.2. The maximum atomic E-state index is 12.8. The summed E-state index contributed by atoms with van der Waals surface area (Å²) in [6, 6.07) is 8.76. The molecule has 0 fully saturated rings. The summed E-state index contributed by atoms with van der Waals surface area (Å²) in [5, 5.41) is 21.3. The quantitative estimate of drug-likeness (QED) is 0.585. The minimum Gasteiger partial charge on any atom is -0.507 e. The second-order valence-electron chi connectivity index (χ2n) is 7.03. The Balaban J connectivity index is 1.93. The second-order valence-corrected chi connectivity index (χ2v) is 7.03. The predicted octanol–water partition coefficient (Wildman–Crippen LogP) is 3.59. The molecule has 148 valence electrons. The number of carbonyl (C=O) groups is 1. The van der Waals surface area contributed by atoms with Gasteiger partial charge in [0.15, 0.2) is 5.78 Å². The van der Waals surface area contributed by atoms with Crippen LogP contribution in [0.2, 0.25) is 0 Å². The maximum absolute atomic E-state index is 12.8. The lowest BCUT2D eigenvalue weighted by molar-refractivity contribution is -0.154. The Morgan fingerprint density at radius 2 is 1.89 bits per heavy atom. The van der Waals surface area contributed by atoms with Gasteiger partial charge in [-0.1, -0.05) is 32.1 Å². The van der Waals surface area contributed by atoms with E-state index in [9.17, 15) is 15.0 Å². The Morgan fingerprint density at radius 1 is 1.21 bits per heavy atom. The molecular formula is C22H24O6. The van der Waals surface area contributed by atoms with Crippen LogP contribution in [-0.2, 0) is 6.42 Å². The summed E-state index contributed by atoms with van der Waals surface area (Å²) >= 11 is 0. The summed E-state index contributed by atoms with van der Waals surface area (Å²) in [5.74, 6) is -1.03. The molecule has 0 amide bonds. The third-order valence-corrected chi connectivity index (χ3v) is 4.96. The van der Waals surface area contributed by atoms with Crippen molar-refractivity contribution in [3.63, 3.8) is 0 Å². The summed E-state index contributed by atoms with van der Waals surface area (Å²) in [6.07, 6.45) is 3.11. The third kappa shape index (κ3) is 3.55. The standard InChI is InChI=1S/C22H24O6/c1-13(2)22(25)12-16-18(28-22)11-19(27-4)20(21(16)24)17(23)10-7-14-5-8-15(26-3)9-6-14/h5-11,13,24-25H,12H2,1-4H3/b10-7+. The molecule has 28 heavy (non-hydrogen) atoms. The van der Waals surface area contributed by atoms with Gasteiger partial charge < -0.3 is 24.4 Å². The number of benzene rings is 2. The van der Waals surface area contributed by atoms with E-state index in [1.807, 2.05) is 26.0 Å². The largest absolute Gasteiger partial charge is 0.507 e. The monoisotopic (exact) mass is 384 g/mol. The Kier molecular flexibility index (Phi) is 5.34. The molecular weight excluding hydrogens is 360 g/mol. The van der Waals surface area contributed by atoms with Crippen molar-refractivity contribution in [3.8, 4) is 23.0 Å². The molecule has 1 unspecified atom stereocenters. The van der Waals surface area contributed by atoms with Crippen molar-refractivity contribution in [2.75, 3.05) is 14.2 Å². The van der Waals surface area contributed by atoms with E-state index >= 15 is 0 Å². The highest BCUT2D eigenvalue weighted by atomic mass is 16.6. The van der Waals surface area contributed by atoms with E-state index in [-0.39, 0.29) is 29.4 Å². The van der Waals surface area contributed by atoms with Gasteiger partial charge in [-0.05, 0) is 23.8 Å². The molecule has 1 aliphatic heterocycles. The van der Waals surface area contributed by atoms with Crippen LogP contribution in [0.3, 0.4) is 0 Å². The van der Waals surface area contributed by atoms with Crippen molar-refractivity contribution in [2.45, 2.75) is 26.1 Å². The molecule has 2 aromatic rings. The van der Waals surface area contributed by atoms with Crippen molar-refractivity contribution >= 4 is 11.9 Å². The highest BCUT2D eigenvalue weighted by molar-refractivity contribution is 6.11. The van der Waals surface area contributed by atoms with Gasteiger partial charge in [0, 0.05) is 24.0 Å². The van der Waals surface area contributed by atoms with Gasteiger partial charge in [-0.3, -0.25) is 4.79 Å². The molecule has 1 aliphatic rings. The summed E-state index contributed by atoms with van der Waals surface area (Å²) < 4.78 is 16.0. The van der Waals surface area contributed by atoms with Gasteiger partial charge in [-0.2, -0.15) is 0 Å². The zero-order valence-electron chi connectivity index (χ0n) is 16.4. The van der Waals surface area contributed by atoms with E-state index in [2.05, 4.69) is 0 Å². The summed E-state index contributed by atoms with van der Waals surface area (Å²) in [6.45, 7) is 3.65. The van der Waals surface area contributed by atoms with Crippen LogP contribution in [0.25, 0.3) is 6.08 Å². The average molecular weight is 384 g/mol.